The van der Waals surface area contributed by atoms with E-state index in [9.17, 15) is 4.79 Å². The highest BCUT2D eigenvalue weighted by Crippen LogP contribution is 2.32. The minimum atomic E-state index is 0.0324. The molecule has 4 rings (SSSR count). The Labute approximate surface area is 165 Å². The van der Waals surface area contributed by atoms with Gasteiger partial charge in [0.2, 0.25) is 11.9 Å². The summed E-state index contributed by atoms with van der Waals surface area (Å²) >= 11 is 3.50. The molecule has 0 aliphatic carbocycles. The van der Waals surface area contributed by atoms with E-state index < -0.39 is 0 Å². The Kier molecular flexibility index (Phi) is 4.43. The fourth-order valence-electron chi connectivity index (χ4n) is 3.12. The number of anilines is 2. The first-order chi connectivity index (χ1) is 13.0. The van der Waals surface area contributed by atoms with Crippen molar-refractivity contribution in [2.45, 2.75) is 19.9 Å². The number of hydrogen-bond acceptors (Lipinski definition) is 5. The molecular formula is C19H19BrN6O. The van der Waals surface area contributed by atoms with Crippen LogP contribution >= 0.6 is 15.9 Å². The molecule has 7 nitrogen and oxygen atoms in total. The lowest BCUT2D eigenvalue weighted by atomic mass is 10.2. The van der Waals surface area contributed by atoms with Gasteiger partial charge in [0.1, 0.15) is 11.5 Å². The first-order valence-corrected chi connectivity index (χ1v) is 9.45. The minimum absolute atomic E-state index is 0.0324. The van der Waals surface area contributed by atoms with Gasteiger partial charge in [-0.2, -0.15) is 4.98 Å². The largest absolute Gasteiger partial charge is 0.343 e. The second kappa shape index (κ2) is 6.77. The molecule has 1 amide bonds. The third-order valence-electron chi connectivity index (χ3n) is 4.61. The number of fused-ring (bicyclic) bond motifs is 1. The Morgan fingerprint density at radius 3 is 2.78 bits per heavy atom. The molecule has 8 heteroatoms. The van der Waals surface area contributed by atoms with Gasteiger partial charge >= 0.3 is 0 Å². The van der Waals surface area contributed by atoms with Gasteiger partial charge in [-0.3, -0.25) is 9.36 Å². The maximum atomic E-state index is 12.3. The summed E-state index contributed by atoms with van der Waals surface area (Å²) in [6, 6.07) is 8.09. The van der Waals surface area contributed by atoms with Crippen LogP contribution in [0.25, 0.3) is 17.3 Å². The highest BCUT2D eigenvalue weighted by Gasteiger charge is 2.30. The van der Waals surface area contributed by atoms with E-state index in [1.54, 1.807) is 24.3 Å². The minimum Gasteiger partial charge on any atom is -0.343 e. The van der Waals surface area contributed by atoms with Gasteiger partial charge in [-0.15, -0.1) is 0 Å². The van der Waals surface area contributed by atoms with Crippen molar-refractivity contribution in [3.63, 3.8) is 0 Å². The quantitative estimate of drug-likeness (QED) is 0.642. The molecule has 2 aromatic heterocycles. The lowest BCUT2D eigenvalue weighted by molar-refractivity contribution is -0.117. The van der Waals surface area contributed by atoms with E-state index in [1.165, 1.54) is 0 Å². The number of rotatable bonds is 3. The summed E-state index contributed by atoms with van der Waals surface area (Å²) in [5.74, 6) is 2.07. The Hall–Kier alpha value is -2.74. The zero-order chi connectivity index (χ0) is 19.1. The third-order valence-corrected chi connectivity index (χ3v) is 5.11. The van der Waals surface area contributed by atoms with Crippen molar-refractivity contribution >= 4 is 33.3 Å². The predicted octanol–water partition coefficient (Wildman–Crippen LogP) is 3.28. The van der Waals surface area contributed by atoms with Crippen LogP contribution in [0.2, 0.25) is 0 Å². The Morgan fingerprint density at radius 2 is 2.04 bits per heavy atom. The molecule has 1 aliphatic rings. The van der Waals surface area contributed by atoms with Crippen LogP contribution in [0.15, 0.2) is 47.3 Å². The third kappa shape index (κ3) is 3.10. The summed E-state index contributed by atoms with van der Waals surface area (Å²) in [6.07, 6.45) is 5.28. The van der Waals surface area contributed by atoms with Gasteiger partial charge in [-0.25, -0.2) is 9.97 Å². The van der Waals surface area contributed by atoms with Crippen molar-refractivity contribution in [1.29, 1.82) is 0 Å². The first-order valence-electron chi connectivity index (χ1n) is 8.65. The van der Waals surface area contributed by atoms with E-state index in [0.29, 0.717) is 18.2 Å². The Balaban J connectivity index is 1.83. The van der Waals surface area contributed by atoms with Gasteiger partial charge in [-0.05, 0) is 26.0 Å². The molecule has 3 aromatic rings. The van der Waals surface area contributed by atoms with E-state index in [4.69, 9.17) is 4.98 Å². The summed E-state index contributed by atoms with van der Waals surface area (Å²) < 4.78 is 2.84. The van der Waals surface area contributed by atoms with Gasteiger partial charge in [0.25, 0.3) is 0 Å². The average molecular weight is 427 g/mol. The maximum Gasteiger partial charge on any atom is 0.246 e. The van der Waals surface area contributed by atoms with Crippen LogP contribution in [0, 0.1) is 0 Å². The van der Waals surface area contributed by atoms with Crippen LogP contribution in [0.4, 0.5) is 11.5 Å². The van der Waals surface area contributed by atoms with Crippen molar-refractivity contribution < 1.29 is 4.79 Å². The highest BCUT2D eigenvalue weighted by molar-refractivity contribution is 9.10. The van der Waals surface area contributed by atoms with Crippen LogP contribution in [0.3, 0.4) is 0 Å². The molecule has 1 aliphatic heterocycles. The summed E-state index contributed by atoms with van der Waals surface area (Å²) in [7, 11) is 1.76. The fraction of sp³-hybridized carbons (Fsp3) is 0.263. The number of carbonyl (C=O) groups is 1. The van der Waals surface area contributed by atoms with Crippen molar-refractivity contribution in [2.75, 3.05) is 23.4 Å². The first kappa shape index (κ1) is 17.7. The van der Waals surface area contributed by atoms with Gasteiger partial charge in [-0.1, -0.05) is 28.1 Å². The van der Waals surface area contributed by atoms with Gasteiger partial charge in [0.15, 0.2) is 5.82 Å². The van der Waals surface area contributed by atoms with E-state index in [1.807, 2.05) is 53.8 Å². The summed E-state index contributed by atoms with van der Waals surface area (Å²) in [4.78, 5) is 29.6. The number of carbonyl (C=O) groups excluding carboxylic acids is 1. The summed E-state index contributed by atoms with van der Waals surface area (Å²) in [5.41, 5.74) is 1.68. The molecule has 1 aromatic carbocycles. The number of likely N-dealkylation sites (N-methyl/N-ethyl adjacent to an activating group) is 1. The van der Waals surface area contributed by atoms with Crippen LogP contribution in [0.1, 0.15) is 13.8 Å². The van der Waals surface area contributed by atoms with Crippen LogP contribution in [0.5, 0.6) is 0 Å². The smallest absolute Gasteiger partial charge is 0.246 e. The molecule has 138 valence electrons. The predicted molar refractivity (Wildman–Crippen MR) is 108 cm³/mol. The van der Waals surface area contributed by atoms with Crippen LogP contribution in [-0.4, -0.2) is 45.1 Å². The number of nitrogens with zero attached hydrogens (tertiary/aromatic N) is 6. The topological polar surface area (TPSA) is 67.2 Å². The van der Waals surface area contributed by atoms with E-state index in [2.05, 4.69) is 25.9 Å². The second-order valence-electron chi connectivity index (χ2n) is 6.68. The standard InChI is InChI=1S/C19H19BrN6O/c1-12(2)26-11-16(27)24(3)15-10-22-19(23-18(15)26)25-8-7-21-17(25)13-5-4-6-14(20)9-13/h4-10,12H,11H2,1-3H3. The molecule has 0 fully saturated rings. The maximum absolute atomic E-state index is 12.3. The molecule has 0 saturated carbocycles. The van der Waals surface area contributed by atoms with Crippen molar-refractivity contribution in [1.82, 2.24) is 19.5 Å². The van der Waals surface area contributed by atoms with E-state index in [-0.39, 0.29) is 11.9 Å². The Morgan fingerprint density at radius 1 is 1.22 bits per heavy atom. The van der Waals surface area contributed by atoms with Gasteiger partial charge in [0, 0.05) is 35.5 Å². The molecule has 0 bridgehead atoms. The number of imidazole rings is 1. The summed E-state index contributed by atoms with van der Waals surface area (Å²) in [5, 5.41) is 0. The molecule has 0 N–H and O–H groups in total. The SMILES string of the molecule is CC(C)N1CC(=O)N(C)c2cnc(-n3ccnc3-c3cccc(Br)c3)nc21. The number of halogens is 1. The number of amides is 1. The molecule has 0 unspecified atom stereocenters. The summed E-state index contributed by atoms with van der Waals surface area (Å²) in [6.45, 7) is 4.41. The molecule has 0 radical (unpaired) electrons. The van der Waals surface area contributed by atoms with Crippen molar-refractivity contribution in [3.05, 3.63) is 47.3 Å². The zero-order valence-electron chi connectivity index (χ0n) is 15.3. The van der Waals surface area contributed by atoms with Crippen LogP contribution < -0.4 is 9.80 Å². The number of benzene rings is 1. The number of hydrogen-bond donors (Lipinski definition) is 0. The van der Waals surface area contributed by atoms with Crippen LogP contribution in [-0.2, 0) is 4.79 Å². The van der Waals surface area contributed by atoms with Crippen molar-refractivity contribution in [3.8, 4) is 17.3 Å². The molecule has 0 saturated heterocycles. The average Bonchev–Trinajstić information content (AvgIpc) is 3.14. The lowest BCUT2D eigenvalue weighted by Crippen LogP contribution is -2.47. The van der Waals surface area contributed by atoms with E-state index in [0.717, 1.165) is 21.7 Å². The lowest BCUT2D eigenvalue weighted by Gasteiger charge is -2.36. The van der Waals surface area contributed by atoms with E-state index >= 15 is 0 Å². The second-order valence-corrected chi connectivity index (χ2v) is 7.60. The normalized spacial score (nSPS) is 14.0. The van der Waals surface area contributed by atoms with Gasteiger partial charge in [0.05, 0.1) is 12.7 Å². The molecule has 0 spiro atoms. The highest BCUT2D eigenvalue weighted by atomic mass is 79.9. The van der Waals surface area contributed by atoms with Crippen molar-refractivity contribution in [2.24, 2.45) is 0 Å². The van der Waals surface area contributed by atoms with Gasteiger partial charge < -0.3 is 9.80 Å². The fourth-order valence-corrected chi connectivity index (χ4v) is 3.51. The molecule has 3 heterocycles. The number of aromatic nitrogens is 4. The zero-order valence-corrected chi connectivity index (χ0v) is 16.9. The molecule has 0 atom stereocenters. The molecule has 27 heavy (non-hydrogen) atoms. The molecular weight excluding hydrogens is 408 g/mol. The monoisotopic (exact) mass is 426 g/mol. The Bertz CT molecular complexity index is 1010.